The summed E-state index contributed by atoms with van der Waals surface area (Å²) in [6, 6.07) is 59.2. The summed E-state index contributed by atoms with van der Waals surface area (Å²) in [6.07, 6.45) is 7.13. The predicted molar refractivity (Wildman–Crippen MR) is 246 cm³/mol. The molecule has 0 N–H and O–H groups in total. The van der Waals surface area contributed by atoms with Crippen molar-refractivity contribution in [3.63, 3.8) is 0 Å². The Kier molecular flexibility index (Phi) is 7.52. The summed E-state index contributed by atoms with van der Waals surface area (Å²) in [5.74, 6) is 3.46. The standard InChI is InChI=1S/C55H49NOSi/c1-58(2,3)46-22-19-44(20-23-46)56(43-17-13-38(14-18-43)37-9-5-4-6-10-37)45-21-25-49-48-24-15-40(33-53(48)57-54(49)34-45)39-16-26-52-50(32-39)47-11-7-8-12-51(47)55(52)41-28-35-27-36(30-41)31-42(55)29-35/h4-26,32-36,41-42H,27-31H2,1-3H3. The van der Waals surface area contributed by atoms with E-state index in [0.29, 0.717) is 0 Å². The molecule has 1 aromatic heterocycles. The summed E-state index contributed by atoms with van der Waals surface area (Å²) in [6.45, 7) is 7.22. The van der Waals surface area contributed by atoms with Crippen LogP contribution in [0.2, 0.25) is 19.6 Å². The van der Waals surface area contributed by atoms with E-state index in [1.54, 1.807) is 11.1 Å². The van der Waals surface area contributed by atoms with E-state index in [0.717, 1.165) is 62.7 Å². The van der Waals surface area contributed by atoms with Crippen LogP contribution in [0.15, 0.2) is 162 Å². The van der Waals surface area contributed by atoms with Crippen LogP contribution in [0.5, 0.6) is 0 Å². The zero-order valence-electron chi connectivity index (χ0n) is 33.7. The molecule has 4 fully saturated rings. The van der Waals surface area contributed by atoms with E-state index in [4.69, 9.17) is 4.42 Å². The maximum Gasteiger partial charge on any atom is 0.137 e. The molecule has 2 nitrogen and oxygen atoms in total. The second-order valence-electron chi connectivity index (χ2n) is 19.0. The van der Waals surface area contributed by atoms with Gasteiger partial charge in [0.2, 0.25) is 0 Å². The van der Waals surface area contributed by atoms with E-state index in [-0.39, 0.29) is 5.41 Å². The van der Waals surface area contributed by atoms with Crippen molar-refractivity contribution >= 4 is 52.3 Å². The molecule has 0 radical (unpaired) electrons. The Morgan fingerprint density at radius 3 is 1.71 bits per heavy atom. The molecular weight excluding hydrogens is 719 g/mol. The molecule has 1 heterocycles. The average molecular weight is 768 g/mol. The maximum absolute atomic E-state index is 6.80. The van der Waals surface area contributed by atoms with E-state index >= 15 is 0 Å². The van der Waals surface area contributed by atoms with Gasteiger partial charge >= 0.3 is 0 Å². The molecule has 5 aliphatic rings. The highest BCUT2D eigenvalue weighted by atomic mass is 28.3. The molecule has 7 aromatic carbocycles. The summed E-state index contributed by atoms with van der Waals surface area (Å²) in [4.78, 5) is 2.36. The van der Waals surface area contributed by atoms with Crippen LogP contribution in [0.3, 0.4) is 0 Å². The molecule has 4 bridgehead atoms. The lowest BCUT2D eigenvalue weighted by Gasteiger charge is -2.61. The number of fused-ring (bicyclic) bond motifs is 6. The van der Waals surface area contributed by atoms with E-state index < -0.39 is 8.07 Å². The Labute approximate surface area is 343 Å². The van der Waals surface area contributed by atoms with E-state index in [1.165, 1.54) is 70.7 Å². The van der Waals surface area contributed by atoms with Gasteiger partial charge in [0.05, 0.1) is 8.07 Å². The first-order chi connectivity index (χ1) is 28.3. The minimum atomic E-state index is -1.45. The summed E-state index contributed by atoms with van der Waals surface area (Å²) in [5, 5.41) is 3.76. The van der Waals surface area contributed by atoms with Crippen molar-refractivity contribution in [1.82, 2.24) is 0 Å². The molecule has 0 atom stereocenters. The second-order valence-corrected chi connectivity index (χ2v) is 24.1. The first kappa shape index (κ1) is 34.4. The van der Waals surface area contributed by atoms with E-state index in [1.807, 2.05) is 0 Å². The molecule has 284 valence electrons. The van der Waals surface area contributed by atoms with Gasteiger partial charge in [-0.2, -0.15) is 0 Å². The maximum atomic E-state index is 6.80. The van der Waals surface area contributed by atoms with Crippen LogP contribution >= 0.6 is 0 Å². The number of hydrogen-bond acceptors (Lipinski definition) is 2. The molecule has 13 rings (SSSR count). The minimum absolute atomic E-state index is 0.201. The molecule has 1 spiro atoms. The summed E-state index contributed by atoms with van der Waals surface area (Å²) in [7, 11) is -1.45. The van der Waals surface area contributed by atoms with Crippen LogP contribution in [0, 0.1) is 23.7 Å². The number of nitrogens with zero attached hydrogens (tertiary/aromatic N) is 1. The number of rotatable bonds is 6. The second kappa shape index (κ2) is 12.7. The molecular formula is C55H49NOSi. The molecule has 0 saturated heterocycles. The van der Waals surface area contributed by atoms with E-state index in [9.17, 15) is 0 Å². The van der Waals surface area contributed by atoms with Gasteiger partial charge in [-0.05, 0) is 155 Å². The number of hydrogen-bond donors (Lipinski definition) is 0. The summed E-state index contributed by atoms with van der Waals surface area (Å²) >= 11 is 0. The van der Waals surface area contributed by atoms with Crippen molar-refractivity contribution in [2.24, 2.45) is 23.7 Å². The molecule has 3 heteroatoms. The first-order valence-electron chi connectivity index (χ1n) is 21.6. The van der Waals surface area contributed by atoms with Crippen molar-refractivity contribution in [3.8, 4) is 33.4 Å². The van der Waals surface area contributed by atoms with Gasteiger partial charge in [-0.3, -0.25) is 0 Å². The number of furan rings is 1. The summed E-state index contributed by atoms with van der Waals surface area (Å²) in [5.41, 5.74) is 16.4. The molecule has 5 aliphatic carbocycles. The van der Waals surface area contributed by atoms with Crippen LogP contribution in [0.1, 0.15) is 43.2 Å². The largest absolute Gasteiger partial charge is 0.456 e. The summed E-state index contributed by atoms with van der Waals surface area (Å²) < 4.78 is 6.80. The van der Waals surface area contributed by atoms with Crippen LogP contribution < -0.4 is 10.1 Å². The Balaban J connectivity index is 0.926. The van der Waals surface area contributed by atoms with Gasteiger partial charge in [0.15, 0.2) is 0 Å². The van der Waals surface area contributed by atoms with Gasteiger partial charge in [-0.15, -0.1) is 0 Å². The van der Waals surface area contributed by atoms with Crippen LogP contribution in [0.4, 0.5) is 17.1 Å². The Morgan fingerprint density at radius 2 is 1.00 bits per heavy atom. The normalized spacial score (nSPS) is 22.8. The lowest BCUT2D eigenvalue weighted by atomic mass is 9.43. The van der Waals surface area contributed by atoms with Crippen LogP contribution in [0.25, 0.3) is 55.3 Å². The van der Waals surface area contributed by atoms with Crippen LogP contribution in [-0.2, 0) is 5.41 Å². The quantitative estimate of drug-likeness (QED) is 0.157. The molecule has 58 heavy (non-hydrogen) atoms. The highest BCUT2D eigenvalue weighted by Gasteiger charge is 2.61. The molecule has 4 saturated carbocycles. The van der Waals surface area contributed by atoms with Gasteiger partial charge in [-0.1, -0.05) is 122 Å². The Morgan fingerprint density at radius 1 is 0.466 bits per heavy atom. The fourth-order valence-corrected chi connectivity index (χ4v) is 13.6. The highest BCUT2D eigenvalue weighted by Crippen LogP contribution is 2.69. The molecule has 0 amide bonds. The third-order valence-corrected chi connectivity index (χ3v) is 16.9. The topological polar surface area (TPSA) is 16.4 Å². The zero-order valence-corrected chi connectivity index (χ0v) is 34.7. The Hall–Kier alpha value is -5.64. The van der Waals surface area contributed by atoms with Gasteiger partial charge in [0.25, 0.3) is 0 Å². The van der Waals surface area contributed by atoms with Gasteiger partial charge in [-0.25, -0.2) is 0 Å². The molecule has 0 unspecified atom stereocenters. The third-order valence-electron chi connectivity index (χ3n) is 14.8. The lowest BCUT2D eigenvalue weighted by molar-refractivity contribution is -0.0399. The average Bonchev–Trinajstić information content (AvgIpc) is 3.76. The van der Waals surface area contributed by atoms with Gasteiger partial charge < -0.3 is 9.32 Å². The van der Waals surface area contributed by atoms with Crippen molar-refractivity contribution < 1.29 is 4.42 Å². The fourth-order valence-electron chi connectivity index (χ4n) is 12.4. The third kappa shape index (κ3) is 5.15. The van der Waals surface area contributed by atoms with Crippen molar-refractivity contribution in [1.29, 1.82) is 0 Å². The fraction of sp³-hybridized carbons (Fsp3) is 0.236. The first-order valence-corrected chi connectivity index (χ1v) is 25.1. The van der Waals surface area contributed by atoms with Crippen molar-refractivity contribution in [2.45, 2.75) is 57.2 Å². The minimum Gasteiger partial charge on any atom is -0.456 e. The van der Waals surface area contributed by atoms with Crippen LogP contribution in [-0.4, -0.2) is 8.07 Å². The molecule has 8 aromatic rings. The zero-order chi connectivity index (χ0) is 38.8. The smallest absolute Gasteiger partial charge is 0.137 e. The van der Waals surface area contributed by atoms with E-state index in [2.05, 4.69) is 182 Å². The van der Waals surface area contributed by atoms with Crippen molar-refractivity contribution in [2.75, 3.05) is 4.90 Å². The number of anilines is 3. The highest BCUT2D eigenvalue weighted by molar-refractivity contribution is 6.88. The SMILES string of the molecule is C[Si](C)(C)c1ccc(N(c2ccc(-c3ccccc3)cc2)c2ccc3c(c2)oc2cc(-c4ccc5c(c4)-c4ccccc4C54C5CC6CC(C5)CC4C6)ccc23)cc1. The monoisotopic (exact) mass is 767 g/mol. The van der Waals surface area contributed by atoms with Gasteiger partial charge in [0, 0.05) is 39.3 Å². The lowest BCUT2D eigenvalue weighted by Crippen LogP contribution is -2.55. The number of benzene rings is 7. The Bertz CT molecular complexity index is 2850. The van der Waals surface area contributed by atoms with Crippen molar-refractivity contribution in [3.05, 3.63) is 169 Å². The molecule has 0 aliphatic heterocycles. The van der Waals surface area contributed by atoms with Gasteiger partial charge in [0.1, 0.15) is 11.2 Å². The predicted octanol–water partition coefficient (Wildman–Crippen LogP) is 14.7.